The quantitative estimate of drug-likeness (QED) is 0.542. The highest BCUT2D eigenvalue weighted by atomic mass is 16.5. The Morgan fingerprint density at radius 1 is 1.21 bits per heavy atom. The number of nitrogens with one attached hydrogen (secondary N) is 1. The SMILES string of the molecule is COc1cccc(CNCC2(O)CCCCC2)c1OCC(O)CN1CCOCC1. The van der Waals surface area contributed by atoms with Crippen molar-refractivity contribution in [2.45, 2.75) is 50.4 Å². The molecule has 7 nitrogen and oxygen atoms in total. The molecule has 1 unspecified atom stereocenters. The molecule has 1 heterocycles. The summed E-state index contributed by atoms with van der Waals surface area (Å²) in [7, 11) is 1.62. The third-order valence-corrected chi connectivity index (χ3v) is 5.83. The summed E-state index contributed by atoms with van der Waals surface area (Å²) in [5, 5.41) is 24.5. The summed E-state index contributed by atoms with van der Waals surface area (Å²) in [6, 6.07) is 5.79. The minimum atomic E-state index is -0.605. The zero-order chi connectivity index (χ0) is 20.5. The van der Waals surface area contributed by atoms with Crippen LogP contribution in [0.5, 0.6) is 11.5 Å². The Labute approximate surface area is 173 Å². The molecule has 0 aromatic heterocycles. The second-order valence-corrected chi connectivity index (χ2v) is 8.21. The molecule has 0 spiro atoms. The Morgan fingerprint density at radius 2 is 1.97 bits per heavy atom. The predicted octanol–water partition coefficient (Wildman–Crippen LogP) is 1.55. The summed E-state index contributed by atoms with van der Waals surface area (Å²) < 4.78 is 16.8. The van der Waals surface area contributed by atoms with E-state index in [0.717, 1.165) is 44.3 Å². The molecule has 1 atom stereocenters. The van der Waals surface area contributed by atoms with E-state index in [9.17, 15) is 10.2 Å². The lowest BCUT2D eigenvalue weighted by molar-refractivity contribution is 0.00376. The van der Waals surface area contributed by atoms with Gasteiger partial charge in [0.2, 0.25) is 0 Å². The Balaban J connectivity index is 1.54. The Hall–Kier alpha value is -1.38. The maximum atomic E-state index is 10.7. The molecule has 0 radical (unpaired) electrons. The van der Waals surface area contributed by atoms with Gasteiger partial charge < -0.3 is 29.7 Å². The number of morpholine rings is 1. The van der Waals surface area contributed by atoms with E-state index in [-0.39, 0.29) is 6.61 Å². The van der Waals surface area contributed by atoms with E-state index in [0.29, 0.717) is 44.3 Å². The molecule has 1 aromatic rings. The molecule has 1 aliphatic carbocycles. The van der Waals surface area contributed by atoms with Crippen molar-refractivity contribution >= 4 is 0 Å². The molecule has 164 valence electrons. The maximum Gasteiger partial charge on any atom is 0.165 e. The monoisotopic (exact) mass is 408 g/mol. The van der Waals surface area contributed by atoms with Crippen LogP contribution in [-0.2, 0) is 11.3 Å². The first-order chi connectivity index (χ1) is 14.1. The number of hydrogen-bond donors (Lipinski definition) is 3. The molecule has 0 amide bonds. The Bertz CT molecular complexity index is 615. The predicted molar refractivity (Wildman–Crippen MR) is 111 cm³/mol. The zero-order valence-electron chi connectivity index (χ0n) is 17.6. The number of aliphatic hydroxyl groups excluding tert-OH is 1. The molecule has 29 heavy (non-hydrogen) atoms. The number of methoxy groups -OCH3 is 1. The zero-order valence-corrected chi connectivity index (χ0v) is 17.6. The normalized spacial score (nSPS) is 20.9. The molecular formula is C22H36N2O5. The fourth-order valence-electron chi connectivity index (χ4n) is 4.16. The van der Waals surface area contributed by atoms with Crippen molar-refractivity contribution in [2.24, 2.45) is 0 Å². The number of para-hydroxylation sites is 1. The molecule has 0 bridgehead atoms. The van der Waals surface area contributed by atoms with Crippen molar-refractivity contribution in [3.63, 3.8) is 0 Å². The van der Waals surface area contributed by atoms with Gasteiger partial charge in [-0.2, -0.15) is 0 Å². The second-order valence-electron chi connectivity index (χ2n) is 8.21. The Kier molecular flexibility index (Phi) is 8.56. The van der Waals surface area contributed by atoms with Crippen LogP contribution in [0, 0.1) is 0 Å². The second kappa shape index (κ2) is 11.1. The number of ether oxygens (including phenoxy) is 3. The molecule has 2 fully saturated rings. The summed E-state index contributed by atoms with van der Waals surface area (Å²) in [6.07, 6.45) is 4.52. The minimum Gasteiger partial charge on any atom is -0.493 e. The van der Waals surface area contributed by atoms with E-state index in [4.69, 9.17) is 14.2 Å². The molecular weight excluding hydrogens is 372 g/mol. The fourth-order valence-corrected chi connectivity index (χ4v) is 4.16. The van der Waals surface area contributed by atoms with Crippen molar-refractivity contribution in [3.8, 4) is 11.5 Å². The number of β-amino-alcohol motifs (C(OH)–C–C–N with tert-alkyl or cyclic N) is 1. The van der Waals surface area contributed by atoms with Gasteiger partial charge in [0.25, 0.3) is 0 Å². The highest BCUT2D eigenvalue weighted by Gasteiger charge is 2.28. The third-order valence-electron chi connectivity index (χ3n) is 5.83. The molecule has 1 aliphatic heterocycles. The largest absolute Gasteiger partial charge is 0.493 e. The van der Waals surface area contributed by atoms with E-state index < -0.39 is 11.7 Å². The van der Waals surface area contributed by atoms with E-state index in [1.54, 1.807) is 7.11 Å². The first kappa shape index (κ1) is 22.3. The van der Waals surface area contributed by atoms with Gasteiger partial charge in [0.05, 0.1) is 25.9 Å². The van der Waals surface area contributed by atoms with Crippen molar-refractivity contribution in [2.75, 3.05) is 53.1 Å². The van der Waals surface area contributed by atoms with E-state index in [1.807, 2.05) is 18.2 Å². The highest BCUT2D eigenvalue weighted by Crippen LogP contribution is 2.32. The standard InChI is InChI=1S/C22H36N2O5/c1-27-20-7-5-6-18(14-23-17-22(26)8-3-2-4-9-22)21(20)29-16-19(25)15-24-10-12-28-13-11-24/h5-7,19,23,25-26H,2-4,8-17H2,1H3. The van der Waals surface area contributed by atoms with E-state index in [1.165, 1.54) is 6.42 Å². The molecule has 1 saturated carbocycles. The van der Waals surface area contributed by atoms with Crippen molar-refractivity contribution < 1.29 is 24.4 Å². The molecule has 7 heteroatoms. The van der Waals surface area contributed by atoms with Crippen LogP contribution in [0.2, 0.25) is 0 Å². The topological polar surface area (TPSA) is 83.4 Å². The molecule has 3 N–H and O–H groups in total. The van der Waals surface area contributed by atoms with Gasteiger partial charge in [0.15, 0.2) is 11.5 Å². The number of rotatable bonds is 10. The molecule has 2 aliphatic rings. The first-order valence-electron chi connectivity index (χ1n) is 10.8. The van der Waals surface area contributed by atoms with Gasteiger partial charge in [0, 0.05) is 38.3 Å². The van der Waals surface area contributed by atoms with Crippen LogP contribution in [0.4, 0.5) is 0 Å². The summed E-state index contributed by atoms with van der Waals surface area (Å²) in [4.78, 5) is 2.19. The average molecular weight is 409 g/mol. The maximum absolute atomic E-state index is 10.7. The summed E-state index contributed by atoms with van der Waals surface area (Å²) in [6.45, 7) is 5.02. The number of benzene rings is 1. The molecule has 1 aromatic carbocycles. The van der Waals surface area contributed by atoms with Crippen LogP contribution in [0.15, 0.2) is 18.2 Å². The lowest BCUT2D eigenvalue weighted by Gasteiger charge is -2.32. The average Bonchev–Trinajstić information content (AvgIpc) is 2.73. The number of aliphatic hydroxyl groups is 2. The fraction of sp³-hybridized carbons (Fsp3) is 0.727. The van der Waals surface area contributed by atoms with Crippen molar-refractivity contribution in [1.82, 2.24) is 10.2 Å². The van der Waals surface area contributed by atoms with E-state index >= 15 is 0 Å². The summed E-state index contributed by atoms with van der Waals surface area (Å²) in [5.41, 5.74) is 0.356. The third kappa shape index (κ3) is 6.83. The van der Waals surface area contributed by atoms with Gasteiger partial charge in [-0.25, -0.2) is 0 Å². The van der Waals surface area contributed by atoms with Gasteiger partial charge in [-0.15, -0.1) is 0 Å². The number of nitrogens with zero attached hydrogens (tertiary/aromatic N) is 1. The van der Waals surface area contributed by atoms with Crippen molar-refractivity contribution in [1.29, 1.82) is 0 Å². The lowest BCUT2D eigenvalue weighted by atomic mass is 9.85. The van der Waals surface area contributed by atoms with Crippen LogP contribution in [0.25, 0.3) is 0 Å². The summed E-state index contributed by atoms with van der Waals surface area (Å²) in [5.74, 6) is 1.30. The van der Waals surface area contributed by atoms with Crippen LogP contribution in [0.1, 0.15) is 37.7 Å². The van der Waals surface area contributed by atoms with Crippen molar-refractivity contribution in [3.05, 3.63) is 23.8 Å². The Morgan fingerprint density at radius 3 is 2.69 bits per heavy atom. The molecule has 1 saturated heterocycles. The highest BCUT2D eigenvalue weighted by molar-refractivity contribution is 5.46. The van der Waals surface area contributed by atoms with Gasteiger partial charge >= 0.3 is 0 Å². The van der Waals surface area contributed by atoms with Gasteiger partial charge in [-0.3, -0.25) is 4.90 Å². The van der Waals surface area contributed by atoms with Crippen LogP contribution < -0.4 is 14.8 Å². The van der Waals surface area contributed by atoms with E-state index in [2.05, 4.69) is 10.2 Å². The molecule has 3 rings (SSSR count). The van der Waals surface area contributed by atoms with Crippen LogP contribution >= 0.6 is 0 Å². The lowest BCUT2D eigenvalue weighted by Crippen LogP contribution is -2.42. The number of hydrogen-bond acceptors (Lipinski definition) is 7. The minimum absolute atomic E-state index is 0.203. The van der Waals surface area contributed by atoms with Crippen LogP contribution in [-0.4, -0.2) is 79.9 Å². The van der Waals surface area contributed by atoms with Gasteiger partial charge in [-0.1, -0.05) is 31.4 Å². The van der Waals surface area contributed by atoms with Gasteiger partial charge in [0.1, 0.15) is 12.7 Å². The first-order valence-corrected chi connectivity index (χ1v) is 10.8. The van der Waals surface area contributed by atoms with Crippen LogP contribution in [0.3, 0.4) is 0 Å². The smallest absolute Gasteiger partial charge is 0.165 e. The summed E-state index contributed by atoms with van der Waals surface area (Å²) >= 11 is 0. The van der Waals surface area contributed by atoms with Gasteiger partial charge in [-0.05, 0) is 18.9 Å².